The van der Waals surface area contributed by atoms with Gasteiger partial charge in [0.25, 0.3) is 11.8 Å². The van der Waals surface area contributed by atoms with Crippen LogP contribution < -0.4 is 20.5 Å². The van der Waals surface area contributed by atoms with Crippen LogP contribution in [-0.2, 0) is 4.79 Å². The van der Waals surface area contributed by atoms with Crippen LogP contribution in [-0.4, -0.2) is 25.5 Å². The molecule has 0 radical (unpaired) electrons. The van der Waals surface area contributed by atoms with Gasteiger partial charge in [-0.1, -0.05) is 18.2 Å². The Morgan fingerprint density at radius 3 is 2.64 bits per heavy atom. The number of nitrogens with two attached hydrogens (primary N) is 1. The minimum Gasteiger partial charge on any atom is -0.495 e. The van der Waals surface area contributed by atoms with Gasteiger partial charge in [-0.15, -0.1) is 0 Å². The van der Waals surface area contributed by atoms with Crippen molar-refractivity contribution in [2.45, 2.75) is 0 Å². The second kappa shape index (κ2) is 7.12. The number of primary amides is 1. The van der Waals surface area contributed by atoms with E-state index in [1.165, 1.54) is 13.2 Å². The maximum absolute atomic E-state index is 12.3. The number of carbonyl (C=O) groups is 2. The van der Waals surface area contributed by atoms with Crippen molar-refractivity contribution in [3.8, 4) is 11.5 Å². The predicted molar refractivity (Wildman–Crippen MR) is 82.1 cm³/mol. The van der Waals surface area contributed by atoms with Crippen molar-refractivity contribution in [3.05, 3.63) is 54.1 Å². The van der Waals surface area contributed by atoms with Gasteiger partial charge in [-0.05, 0) is 30.3 Å². The van der Waals surface area contributed by atoms with Crippen LogP contribution in [0.1, 0.15) is 10.4 Å². The number of rotatable bonds is 6. The predicted octanol–water partition coefficient (Wildman–Crippen LogP) is 1.81. The van der Waals surface area contributed by atoms with E-state index in [1.54, 1.807) is 36.4 Å². The summed E-state index contributed by atoms with van der Waals surface area (Å²) >= 11 is 0. The Labute approximate surface area is 127 Å². The zero-order chi connectivity index (χ0) is 15.9. The lowest BCUT2D eigenvalue weighted by Gasteiger charge is -2.10. The fourth-order valence-corrected chi connectivity index (χ4v) is 1.82. The van der Waals surface area contributed by atoms with Gasteiger partial charge in [0.2, 0.25) is 0 Å². The van der Waals surface area contributed by atoms with Gasteiger partial charge in [-0.2, -0.15) is 0 Å². The Morgan fingerprint density at radius 2 is 1.91 bits per heavy atom. The molecule has 2 rings (SSSR count). The molecular formula is C16H16N2O4. The first kappa shape index (κ1) is 15.4. The molecule has 6 heteroatoms. The molecule has 0 unspecified atom stereocenters. The minimum atomic E-state index is -0.580. The number of ether oxygens (including phenoxy) is 2. The van der Waals surface area contributed by atoms with E-state index in [1.807, 2.05) is 6.07 Å². The first-order valence-corrected chi connectivity index (χ1v) is 6.55. The molecule has 2 aromatic rings. The molecule has 114 valence electrons. The summed E-state index contributed by atoms with van der Waals surface area (Å²) in [6.07, 6.45) is 0. The maximum Gasteiger partial charge on any atom is 0.255 e. The number of nitrogens with one attached hydrogen (secondary N) is 1. The summed E-state index contributed by atoms with van der Waals surface area (Å²) in [5.41, 5.74) is 5.98. The highest BCUT2D eigenvalue weighted by molar-refractivity contribution is 6.05. The highest BCUT2D eigenvalue weighted by atomic mass is 16.5. The van der Waals surface area contributed by atoms with Gasteiger partial charge in [-0.25, -0.2) is 0 Å². The third-order valence-electron chi connectivity index (χ3n) is 2.83. The molecule has 0 aliphatic heterocycles. The molecule has 0 atom stereocenters. The van der Waals surface area contributed by atoms with E-state index >= 15 is 0 Å². The van der Waals surface area contributed by atoms with E-state index in [0.717, 1.165) is 0 Å². The Bertz CT molecular complexity index is 685. The van der Waals surface area contributed by atoms with Crippen LogP contribution in [0.2, 0.25) is 0 Å². The van der Waals surface area contributed by atoms with Crippen molar-refractivity contribution in [3.63, 3.8) is 0 Å². The summed E-state index contributed by atoms with van der Waals surface area (Å²) in [7, 11) is 1.53. The van der Waals surface area contributed by atoms with Gasteiger partial charge in [0.1, 0.15) is 11.5 Å². The summed E-state index contributed by atoms with van der Waals surface area (Å²) < 4.78 is 10.4. The molecule has 0 fully saturated rings. The molecule has 0 saturated carbocycles. The third-order valence-corrected chi connectivity index (χ3v) is 2.83. The van der Waals surface area contributed by atoms with Crippen LogP contribution in [0.5, 0.6) is 11.5 Å². The van der Waals surface area contributed by atoms with Gasteiger partial charge in [-0.3, -0.25) is 9.59 Å². The zero-order valence-electron chi connectivity index (χ0n) is 12.0. The highest BCUT2D eigenvalue weighted by Gasteiger charge is 2.10. The number of amides is 2. The molecule has 3 N–H and O–H groups in total. The summed E-state index contributed by atoms with van der Waals surface area (Å²) in [5.74, 6) is 0.0707. The summed E-state index contributed by atoms with van der Waals surface area (Å²) in [6, 6.07) is 13.6. The SMILES string of the molecule is COc1ccccc1NC(=O)c1cccc(OCC(N)=O)c1. The molecule has 0 saturated heterocycles. The molecule has 0 aliphatic rings. The first-order chi connectivity index (χ1) is 10.6. The van der Waals surface area contributed by atoms with E-state index in [2.05, 4.69) is 5.32 Å². The van der Waals surface area contributed by atoms with Crippen LogP contribution in [0.3, 0.4) is 0 Å². The van der Waals surface area contributed by atoms with Gasteiger partial charge in [0, 0.05) is 5.56 Å². The number of anilines is 1. The van der Waals surface area contributed by atoms with Crippen molar-refractivity contribution in [2.24, 2.45) is 5.73 Å². The summed E-state index contributed by atoms with van der Waals surface area (Å²) in [4.78, 5) is 23.0. The summed E-state index contributed by atoms with van der Waals surface area (Å²) in [6.45, 7) is -0.239. The van der Waals surface area contributed by atoms with Crippen molar-refractivity contribution in [1.82, 2.24) is 0 Å². The van der Waals surface area contributed by atoms with E-state index < -0.39 is 5.91 Å². The molecule has 0 spiro atoms. The van der Waals surface area contributed by atoms with Crippen LogP contribution in [0.25, 0.3) is 0 Å². The van der Waals surface area contributed by atoms with Gasteiger partial charge >= 0.3 is 0 Å². The fraction of sp³-hybridized carbons (Fsp3) is 0.125. The second-order valence-electron chi connectivity index (χ2n) is 4.44. The molecule has 22 heavy (non-hydrogen) atoms. The minimum absolute atomic E-state index is 0.239. The van der Waals surface area contributed by atoms with Crippen molar-refractivity contribution in [1.29, 1.82) is 0 Å². The average Bonchev–Trinajstić information content (AvgIpc) is 2.53. The van der Waals surface area contributed by atoms with Crippen LogP contribution in [0.15, 0.2) is 48.5 Å². The quantitative estimate of drug-likeness (QED) is 0.851. The van der Waals surface area contributed by atoms with Crippen LogP contribution in [0.4, 0.5) is 5.69 Å². The Kier molecular flexibility index (Phi) is 4.98. The van der Waals surface area contributed by atoms with E-state index in [0.29, 0.717) is 22.7 Å². The zero-order valence-corrected chi connectivity index (χ0v) is 12.0. The second-order valence-corrected chi connectivity index (χ2v) is 4.44. The average molecular weight is 300 g/mol. The lowest BCUT2D eigenvalue weighted by molar-refractivity contribution is -0.119. The fourth-order valence-electron chi connectivity index (χ4n) is 1.82. The normalized spacial score (nSPS) is 9.86. The van der Waals surface area contributed by atoms with Crippen molar-refractivity contribution in [2.75, 3.05) is 19.0 Å². The molecular weight excluding hydrogens is 284 g/mol. The Morgan fingerprint density at radius 1 is 1.14 bits per heavy atom. The van der Waals surface area contributed by atoms with Gasteiger partial charge in [0.05, 0.1) is 12.8 Å². The topological polar surface area (TPSA) is 90.7 Å². The summed E-state index contributed by atoms with van der Waals surface area (Å²) in [5, 5.41) is 2.76. The Hall–Kier alpha value is -3.02. The lowest BCUT2D eigenvalue weighted by Crippen LogP contribution is -2.20. The molecule has 2 aromatic carbocycles. The molecule has 2 amide bonds. The molecule has 0 aromatic heterocycles. The van der Waals surface area contributed by atoms with E-state index in [-0.39, 0.29) is 12.5 Å². The third kappa shape index (κ3) is 3.99. The van der Waals surface area contributed by atoms with Gasteiger partial charge in [0.15, 0.2) is 6.61 Å². The Balaban J connectivity index is 2.12. The van der Waals surface area contributed by atoms with Gasteiger partial charge < -0.3 is 20.5 Å². The first-order valence-electron chi connectivity index (χ1n) is 6.55. The maximum atomic E-state index is 12.3. The number of hydrogen-bond donors (Lipinski definition) is 2. The van der Waals surface area contributed by atoms with E-state index in [9.17, 15) is 9.59 Å². The number of hydrogen-bond acceptors (Lipinski definition) is 4. The molecule has 0 heterocycles. The van der Waals surface area contributed by atoms with Crippen LogP contribution >= 0.6 is 0 Å². The van der Waals surface area contributed by atoms with Crippen molar-refractivity contribution >= 4 is 17.5 Å². The largest absolute Gasteiger partial charge is 0.495 e. The number of methoxy groups -OCH3 is 1. The van der Waals surface area contributed by atoms with Crippen molar-refractivity contribution < 1.29 is 19.1 Å². The van der Waals surface area contributed by atoms with Crippen LogP contribution in [0, 0.1) is 0 Å². The molecule has 0 bridgehead atoms. The number of carbonyl (C=O) groups excluding carboxylic acids is 2. The van der Waals surface area contributed by atoms with E-state index in [4.69, 9.17) is 15.2 Å². The monoisotopic (exact) mass is 300 g/mol. The highest BCUT2D eigenvalue weighted by Crippen LogP contribution is 2.24. The standard InChI is InChI=1S/C16H16N2O4/c1-21-14-8-3-2-7-13(14)18-16(20)11-5-4-6-12(9-11)22-10-15(17)19/h2-9H,10H2,1H3,(H2,17,19)(H,18,20). The molecule has 6 nitrogen and oxygen atoms in total. The number of benzene rings is 2. The smallest absolute Gasteiger partial charge is 0.255 e. The number of para-hydroxylation sites is 2. The molecule has 0 aliphatic carbocycles. The lowest BCUT2D eigenvalue weighted by atomic mass is 10.2.